The van der Waals surface area contributed by atoms with Crippen LogP contribution >= 0.6 is 24.8 Å². The van der Waals surface area contributed by atoms with Crippen molar-refractivity contribution in [1.29, 1.82) is 0 Å². The normalized spacial score (nSPS) is 14.3. The maximum absolute atomic E-state index is 10.9. The van der Waals surface area contributed by atoms with E-state index in [1.807, 2.05) is 27.7 Å². The molecule has 0 aromatic heterocycles. The number of hydrogen-bond donors (Lipinski definition) is 8. The van der Waals surface area contributed by atoms with Crippen LogP contribution in [0.3, 0.4) is 0 Å². The van der Waals surface area contributed by atoms with Crippen LogP contribution in [0.1, 0.15) is 109 Å². The summed E-state index contributed by atoms with van der Waals surface area (Å²) in [5.41, 5.74) is 16.9. The number of halogens is 2. The molecule has 2 heterocycles. The number of nitrogens with two attached hydrogens (primary N) is 4. The van der Waals surface area contributed by atoms with Crippen LogP contribution in [-0.4, -0.2) is 163 Å². The number of carboxylic acid groups (broad SMARTS) is 2. The number of aliphatic carboxylic acids is 2. The van der Waals surface area contributed by atoms with Gasteiger partial charge in [-0.3, -0.25) is 39.1 Å². The number of amidine groups is 4. The second-order valence-electron chi connectivity index (χ2n) is 16.5. The first kappa shape index (κ1) is 81.1. The van der Waals surface area contributed by atoms with Gasteiger partial charge in [-0.1, -0.05) is 0 Å². The number of amides is 2. The van der Waals surface area contributed by atoms with Crippen LogP contribution < -0.4 is 33.6 Å². The standard InChI is InChI=1S/C14H26N6O4.C14H26N6.C8H16N4O2.2ClH.6H2O/c1-13(2,11(15)17-7-5-9(21)22)19-20-14(3,4)12(16)18-8-6-10(23)24;1-13(2,11-15-7-5-8-16-11)19-20-14(3,4)12-17-9-6-10-18-12;1-7(2,5(9)13)11-12-8(3,4)6(10)14;;;;;;;;/h5-8H2,1-4H3,(H2,15,17)(H2,16,18)(H,21,22)(H,23,24);5-10H2,1-4H3,(H,15,16)(H,17,18);1-4H3,(H2,9,13)(H2,10,14);2*1H;6*1H2. The van der Waals surface area contributed by atoms with Gasteiger partial charge in [0.15, 0.2) is 11.1 Å². The van der Waals surface area contributed by atoms with E-state index in [-0.39, 0.29) is 95.3 Å². The van der Waals surface area contributed by atoms with Gasteiger partial charge in [0, 0.05) is 26.2 Å². The Balaban J connectivity index is -0.000000102. The fraction of sp³-hybridized carbons (Fsp3) is 0.778. The number of carbonyl (C=O) groups excluding carboxylic acids is 2. The summed E-state index contributed by atoms with van der Waals surface area (Å²) in [4.78, 5) is 59.7. The molecule has 2 amide bonds. The molecule has 0 saturated heterocycles. The van der Waals surface area contributed by atoms with E-state index in [1.165, 1.54) is 27.7 Å². The van der Waals surface area contributed by atoms with Gasteiger partial charge in [-0.2, -0.15) is 30.7 Å². The molecule has 66 heavy (non-hydrogen) atoms. The summed E-state index contributed by atoms with van der Waals surface area (Å²) in [5, 5.41) is 48.6. The first-order chi connectivity index (χ1) is 26.4. The minimum atomic E-state index is -1.12. The summed E-state index contributed by atoms with van der Waals surface area (Å²) in [6.07, 6.45) is 1.93. The van der Waals surface area contributed by atoms with E-state index in [0.717, 1.165) is 50.7 Å². The quantitative estimate of drug-likeness (QED) is 0.0437. The number of aliphatic imine (C=N–C) groups is 4. The van der Waals surface area contributed by atoms with Crippen molar-refractivity contribution >= 4 is 71.9 Å². The molecule has 0 fully saturated rings. The maximum Gasteiger partial charge on any atom is 0.305 e. The van der Waals surface area contributed by atoms with Crippen molar-refractivity contribution in [2.24, 2.45) is 73.6 Å². The molecule has 0 aromatic carbocycles. The number of nitrogens with one attached hydrogen (secondary N) is 2. The van der Waals surface area contributed by atoms with Gasteiger partial charge in [-0.25, -0.2) is 0 Å². The van der Waals surface area contributed by atoms with Crippen molar-refractivity contribution in [2.75, 3.05) is 39.3 Å². The lowest BCUT2D eigenvalue weighted by Crippen LogP contribution is -2.46. The van der Waals surface area contributed by atoms with Gasteiger partial charge in [0.25, 0.3) is 0 Å². The van der Waals surface area contributed by atoms with Crippen LogP contribution in [0.15, 0.2) is 50.7 Å². The molecule has 0 bridgehead atoms. The highest BCUT2D eigenvalue weighted by Gasteiger charge is 2.32. The van der Waals surface area contributed by atoms with Gasteiger partial charge < -0.3 is 76.6 Å². The molecule has 0 atom stereocenters. The molecule has 2 rings (SSSR count). The fourth-order valence-electron chi connectivity index (χ4n) is 3.86. The molecule has 0 saturated carbocycles. The van der Waals surface area contributed by atoms with Crippen LogP contribution in [0, 0.1) is 0 Å². The molecule has 0 aliphatic carbocycles. The zero-order chi connectivity index (χ0) is 45.2. The lowest BCUT2D eigenvalue weighted by atomic mass is 10.0. The summed E-state index contributed by atoms with van der Waals surface area (Å²) in [5.74, 6) is -0.962. The Kier molecular flexibility index (Phi) is 43.2. The van der Waals surface area contributed by atoms with Gasteiger partial charge in [0.05, 0.1) is 25.9 Å². The topological polar surface area (TPSA) is 549 Å². The van der Waals surface area contributed by atoms with E-state index in [0.29, 0.717) is 0 Å². The first-order valence-corrected chi connectivity index (χ1v) is 18.9. The Morgan fingerprint density at radius 2 is 0.758 bits per heavy atom. The lowest BCUT2D eigenvalue weighted by molar-refractivity contribution is -0.137. The van der Waals surface area contributed by atoms with Crippen molar-refractivity contribution in [3.8, 4) is 0 Å². The number of rotatable bonds is 18. The minimum Gasteiger partial charge on any atom is -0.481 e. The third-order valence-electron chi connectivity index (χ3n) is 8.28. The molecule has 2 aliphatic heterocycles. The van der Waals surface area contributed by atoms with Crippen molar-refractivity contribution in [2.45, 2.75) is 142 Å². The second kappa shape index (κ2) is 35.1. The van der Waals surface area contributed by atoms with E-state index in [9.17, 15) is 19.2 Å². The number of hydrogen-bond acceptors (Lipinski definition) is 16. The number of nitrogens with zero attached hydrogens (tertiary/aromatic N) is 10. The highest BCUT2D eigenvalue weighted by Crippen LogP contribution is 2.20. The van der Waals surface area contributed by atoms with E-state index >= 15 is 0 Å². The average Bonchev–Trinajstić information content (AvgIpc) is 3.13. The fourth-order valence-corrected chi connectivity index (χ4v) is 3.86. The average molecular weight is 1000 g/mol. The van der Waals surface area contributed by atoms with Crippen molar-refractivity contribution < 1.29 is 62.2 Å². The highest BCUT2D eigenvalue weighted by atomic mass is 35.5. The van der Waals surface area contributed by atoms with Gasteiger partial charge in [-0.15, -0.1) is 24.8 Å². The number of primary amides is 2. The molecule has 392 valence electrons. The minimum absolute atomic E-state index is 0. The number of carboxylic acids is 2. The zero-order valence-electron chi connectivity index (χ0n) is 40.2. The summed E-state index contributed by atoms with van der Waals surface area (Å²) in [6.45, 7) is 24.7. The third kappa shape index (κ3) is 30.9. The Morgan fingerprint density at radius 3 is 0.970 bits per heavy atom. The zero-order valence-corrected chi connectivity index (χ0v) is 41.8. The smallest absolute Gasteiger partial charge is 0.305 e. The SMILES string of the molecule is CC(C)(N=NC(C)(C)C(N)=NCCC(=O)O)C(N)=NCCC(=O)O.CC(C)(N=NC(C)(C)C(N)=O)C(N)=O.CC(C)(N=NC(C)(C)C1=NCCCN1)C1=NCCCN1.Cl.Cl.O.O.O.O.O.O. The van der Waals surface area contributed by atoms with Gasteiger partial charge in [0.2, 0.25) is 11.8 Å². The summed E-state index contributed by atoms with van der Waals surface area (Å²) >= 11 is 0. The molecule has 0 spiro atoms. The van der Waals surface area contributed by atoms with Crippen LogP contribution in [-0.2, 0) is 19.2 Å². The van der Waals surface area contributed by atoms with Crippen LogP contribution in [0.2, 0.25) is 0 Å². The molecule has 0 aromatic rings. The molecular formula is C36H82Cl2N16O12. The largest absolute Gasteiger partial charge is 0.481 e. The van der Waals surface area contributed by atoms with Crippen LogP contribution in [0.25, 0.3) is 0 Å². The third-order valence-corrected chi connectivity index (χ3v) is 8.28. The molecule has 2 aliphatic rings. The van der Waals surface area contributed by atoms with Crippen molar-refractivity contribution in [1.82, 2.24) is 10.6 Å². The monoisotopic (exact) mass is 1000 g/mol. The van der Waals surface area contributed by atoms with Crippen molar-refractivity contribution in [3.05, 3.63) is 0 Å². The second-order valence-corrected chi connectivity index (χ2v) is 16.5. The predicted octanol–water partition coefficient (Wildman–Crippen LogP) is -1.70. The van der Waals surface area contributed by atoms with E-state index < -0.39 is 57.0 Å². The first-order valence-electron chi connectivity index (χ1n) is 18.9. The Hall–Kier alpha value is -5.10. The van der Waals surface area contributed by atoms with Crippen LogP contribution in [0.5, 0.6) is 0 Å². The molecule has 24 N–H and O–H groups in total. The Bertz CT molecular complexity index is 1550. The van der Waals surface area contributed by atoms with Crippen molar-refractivity contribution in [3.63, 3.8) is 0 Å². The summed E-state index contributed by atoms with van der Waals surface area (Å²) < 4.78 is 0. The summed E-state index contributed by atoms with van der Waals surface area (Å²) in [6, 6.07) is 0. The maximum atomic E-state index is 10.9. The Morgan fingerprint density at radius 1 is 0.500 bits per heavy atom. The molecule has 28 nitrogen and oxygen atoms in total. The predicted molar refractivity (Wildman–Crippen MR) is 261 cm³/mol. The van der Waals surface area contributed by atoms with E-state index in [2.05, 4.69) is 61.3 Å². The molecule has 30 heteroatoms. The molecule has 0 unspecified atom stereocenters. The van der Waals surface area contributed by atoms with Gasteiger partial charge >= 0.3 is 11.9 Å². The van der Waals surface area contributed by atoms with Gasteiger partial charge in [0.1, 0.15) is 45.5 Å². The number of azo groups is 3. The number of carbonyl (C=O) groups is 4. The van der Waals surface area contributed by atoms with E-state index in [4.69, 9.17) is 33.1 Å². The van der Waals surface area contributed by atoms with E-state index in [1.54, 1.807) is 27.7 Å². The van der Waals surface area contributed by atoms with Crippen LogP contribution in [0.4, 0.5) is 0 Å². The highest BCUT2D eigenvalue weighted by molar-refractivity contribution is 5.93. The Labute approximate surface area is 398 Å². The molecule has 0 radical (unpaired) electrons. The molecular weight excluding hydrogens is 919 g/mol. The van der Waals surface area contributed by atoms with Gasteiger partial charge in [-0.05, 0) is 95.9 Å². The summed E-state index contributed by atoms with van der Waals surface area (Å²) in [7, 11) is 0. The lowest BCUT2D eigenvalue weighted by Gasteiger charge is -2.29.